The van der Waals surface area contributed by atoms with Crippen molar-refractivity contribution in [1.82, 2.24) is 10.2 Å². The van der Waals surface area contributed by atoms with E-state index in [-0.39, 0.29) is 10.6 Å². The number of rotatable bonds is 3. The first-order valence-corrected chi connectivity index (χ1v) is 7.40. The maximum atomic E-state index is 11.1. The smallest absolute Gasteiger partial charge is 0.273 e. The minimum atomic E-state index is -0.324. The Morgan fingerprint density at radius 3 is 3.10 bits per heavy atom. The highest BCUT2D eigenvalue weighted by Crippen LogP contribution is 2.28. The molecule has 0 spiro atoms. The highest BCUT2D eigenvalue weighted by atomic mass is 35.5. The van der Waals surface area contributed by atoms with Gasteiger partial charge in [0.05, 0.1) is 4.92 Å². The van der Waals surface area contributed by atoms with Crippen LogP contribution in [0.15, 0.2) is 18.2 Å². The third kappa shape index (κ3) is 2.80. The molecule has 0 amide bonds. The molecule has 2 atom stereocenters. The van der Waals surface area contributed by atoms with Gasteiger partial charge in [-0.25, -0.2) is 0 Å². The summed E-state index contributed by atoms with van der Waals surface area (Å²) in [5, 5.41) is 15.2. The summed E-state index contributed by atoms with van der Waals surface area (Å²) in [6, 6.07) is 5.44. The summed E-state index contributed by atoms with van der Waals surface area (Å²) < 4.78 is 0. The van der Waals surface area contributed by atoms with Gasteiger partial charge in [-0.2, -0.15) is 0 Å². The molecule has 0 aromatic heterocycles. The van der Waals surface area contributed by atoms with Gasteiger partial charge in [0.1, 0.15) is 0 Å². The average molecular weight is 296 g/mol. The highest BCUT2D eigenvalue weighted by Gasteiger charge is 2.33. The molecule has 0 radical (unpaired) electrons. The number of halogens is 1. The fourth-order valence-electron chi connectivity index (χ4n) is 3.37. The maximum absolute atomic E-state index is 11.1. The van der Waals surface area contributed by atoms with Gasteiger partial charge in [-0.05, 0) is 44.0 Å². The van der Waals surface area contributed by atoms with Gasteiger partial charge < -0.3 is 5.32 Å². The number of nitro groups is 1. The van der Waals surface area contributed by atoms with E-state index >= 15 is 0 Å². The molecule has 0 aliphatic carbocycles. The molecule has 6 heteroatoms. The Labute approximate surface area is 123 Å². The Hall–Kier alpha value is -1.17. The van der Waals surface area contributed by atoms with Crippen molar-refractivity contribution in [3.8, 4) is 0 Å². The van der Waals surface area contributed by atoms with Crippen molar-refractivity contribution in [2.45, 2.75) is 25.4 Å². The van der Waals surface area contributed by atoms with Gasteiger partial charge in [-0.1, -0.05) is 11.6 Å². The second-order valence-electron chi connectivity index (χ2n) is 5.66. The molecule has 108 valence electrons. The molecule has 2 saturated heterocycles. The Morgan fingerprint density at radius 1 is 1.45 bits per heavy atom. The third-order valence-corrected chi connectivity index (χ3v) is 4.61. The first-order chi connectivity index (χ1) is 9.63. The predicted molar refractivity (Wildman–Crippen MR) is 77.9 cm³/mol. The zero-order chi connectivity index (χ0) is 14.1. The summed E-state index contributed by atoms with van der Waals surface area (Å²) in [5.41, 5.74) is 0.882. The Balaban J connectivity index is 1.74. The van der Waals surface area contributed by atoms with Crippen molar-refractivity contribution < 1.29 is 4.92 Å². The number of likely N-dealkylation sites (tertiary alicyclic amines) is 1. The van der Waals surface area contributed by atoms with E-state index in [0.717, 1.165) is 26.1 Å². The Bertz CT molecular complexity index is 523. The molecule has 2 aliphatic rings. The Morgan fingerprint density at radius 2 is 2.30 bits per heavy atom. The van der Waals surface area contributed by atoms with Crippen molar-refractivity contribution in [3.63, 3.8) is 0 Å². The SMILES string of the molecule is O=[N+]([O-])c1ccc(Cl)cc1CN1CCC2NCCC2C1. The molecule has 2 unspecified atom stereocenters. The molecule has 3 rings (SSSR count). The van der Waals surface area contributed by atoms with Gasteiger partial charge in [0.2, 0.25) is 0 Å². The van der Waals surface area contributed by atoms with Crippen molar-refractivity contribution >= 4 is 17.3 Å². The van der Waals surface area contributed by atoms with E-state index in [1.165, 1.54) is 12.5 Å². The maximum Gasteiger partial charge on any atom is 0.273 e. The standard InChI is InChI=1S/C14H18ClN3O2/c15-12-1-2-14(18(19)20)11(7-12)9-17-6-4-13-10(8-17)3-5-16-13/h1-2,7,10,13,16H,3-6,8-9H2. The molecule has 2 heterocycles. The predicted octanol–water partition coefficient (Wildman–Crippen LogP) is 2.43. The lowest BCUT2D eigenvalue weighted by Crippen LogP contribution is -2.43. The van der Waals surface area contributed by atoms with Gasteiger partial charge in [0.15, 0.2) is 0 Å². The number of fused-ring (bicyclic) bond motifs is 1. The van der Waals surface area contributed by atoms with Crippen LogP contribution in [0.1, 0.15) is 18.4 Å². The van der Waals surface area contributed by atoms with Gasteiger partial charge in [0.25, 0.3) is 5.69 Å². The summed E-state index contributed by atoms with van der Waals surface area (Å²) in [6.07, 6.45) is 2.33. The van der Waals surface area contributed by atoms with Crippen molar-refractivity contribution in [2.75, 3.05) is 19.6 Å². The molecule has 1 aromatic carbocycles. The normalized spacial score (nSPS) is 26.4. The van der Waals surface area contributed by atoms with Crippen molar-refractivity contribution in [2.24, 2.45) is 5.92 Å². The van der Waals surface area contributed by atoms with E-state index in [1.807, 2.05) is 0 Å². The molecule has 1 N–H and O–H groups in total. The second kappa shape index (κ2) is 5.68. The Kier molecular flexibility index (Phi) is 3.92. The van der Waals surface area contributed by atoms with Crippen LogP contribution in [0.2, 0.25) is 5.02 Å². The number of piperidine rings is 1. The molecule has 0 bridgehead atoms. The molecular weight excluding hydrogens is 278 g/mol. The zero-order valence-electron chi connectivity index (χ0n) is 11.2. The fourth-order valence-corrected chi connectivity index (χ4v) is 3.56. The average Bonchev–Trinajstić information content (AvgIpc) is 2.85. The van der Waals surface area contributed by atoms with E-state index < -0.39 is 0 Å². The molecule has 1 aromatic rings. The molecule has 0 saturated carbocycles. The van der Waals surface area contributed by atoms with Crippen LogP contribution >= 0.6 is 11.6 Å². The monoisotopic (exact) mass is 295 g/mol. The largest absolute Gasteiger partial charge is 0.314 e. The van der Waals surface area contributed by atoms with E-state index in [1.54, 1.807) is 12.1 Å². The second-order valence-corrected chi connectivity index (χ2v) is 6.10. The fraction of sp³-hybridized carbons (Fsp3) is 0.571. The molecule has 2 aliphatic heterocycles. The topological polar surface area (TPSA) is 58.4 Å². The summed E-state index contributed by atoms with van der Waals surface area (Å²) in [4.78, 5) is 13.1. The van der Waals surface area contributed by atoms with Gasteiger partial charge in [-0.3, -0.25) is 15.0 Å². The van der Waals surface area contributed by atoms with Crippen LogP contribution in [-0.2, 0) is 6.54 Å². The lowest BCUT2D eigenvalue weighted by atomic mass is 9.93. The minimum absolute atomic E-state index is 0.168. The molecule has 20 heavy (non-hydrogen) atoms. The van der Waals surface area contributed by atoms with Crippen LogP contribution in [0.4, 0.5) is 5.69 Å². The zero-order valence-corrected chi connectivity index (χ0v) is 12.0. The van der Waals surface area contributed by atoms with Crippen LogP contribution in [0, 0.1) is 16.0 Å². The summed E-state index contributed by atoms with van der Waals surface area (Å²) in [5.74, 6) is 0.682. The molecule has 5 nitrogen and oxygen atoms in total. The third-order valence-electron chi connectivity index (χ3n) is 4.37. The lowest BCUT2D eigenvalue weighted by Gasteiger charge is -2.34. The van der Waals surface area contributed by atoms with E-state index in [0.29, 0.717) is 29.1 Å². The lowest BCUT2D eigenvalue weighted by molar-refractivity contribution is -0.385. The number of nitrogens with one attached hydrogen (secondary N) is 1. The minimum Gasteiger partial charge on any atom is -0.314 e. The number of hydrogen-bond acceptors (Lipinski definition) is 4. The first-order valence-electron chi connectivity index (χ1n) is 7.02. The highest BCUT2D eigenvalue weighted by molar-refractivity contribution is 6.30. The van der Waals surface area contributed by atoms with Crippen LogP contribution < -0.4 is 5.32 Å². The summed E-state index contributed by atoms with van der Waals surface area (Å²) in [7, 11) is 0. The van der Waals surface area contributed by atoms with Gasteiger partial charge in [0, 0.05) is 35.8 Å². The van der Waals surface area contributed by atoms with Crippen molar-refractivity contribution in [1.29, 1.82) is 0 Å². The molecular formula is C14H18ClN3O2. The van der Waals surface area contributed by atoms with Crippen LogP contribution in [0.5, 0.6) is 0 Å². The number of hydrogen-bond donors (Lipinski definition) is 1. The molecule has 2 fully saturated rings. The van der Waals surface area contributed by atoms with E-state index in [4.69, 9.17) is 11.6 Å². The van der Waals surface area contributed by atoms with Crippen LogP contribution in [0.25, 0.3) is 0 Å². The van der Waals surface area contributed by atoms with E-state index in [2.05, 4.69) is 10.2 Å². The van der Waals surface area contributed by atoms with Gasteiger partial charge >= 0.3 is 0 Å². The first kappa shape index (κ1) is 13.8. The van der Waals surface area contributed by atoms with Crippen molar-refractivity contribution in [3.05, 3.63) is 38.9 Å². The van der Waals surface area contributed by atoms with Crippen LogP contribution in [0.3, 0.4) is 0 Å². The van der Waals surface area contributed by atoms with Crippen LogP contribution in [-0.4, -0.2) is 35.5 Å². The summed E-state index contributed by atoms with van der Waals surface area (Å²) in [6.45, 7) is 3.71. The number of benzene rings is 1. The number of nitrogens with zero attached hydrogens (tertiary/aromatic N) is 2. The quantitative estimate of drug-likeness (QED) is 0.687. The number of nitro benzene ring substituents is 1. The van der Waals surface area contributed by atoms with Gasteiger partial charge in [-0.15, -0.1) is 0 Å². The van der Waals surface area contributed by atoms with E-state index in [9.17, 15) is 10.1 Å². The summed E-state index contributed by atoms with van der Waals surface area (Å²) >= 11 is 5.98.